The van der Waals surface area contributed by atoms with E-state index in [-0.39, 0.29) is 0 Å². The van der Waals surface area contributed by atoms with Crippen molar-refractivity contribution in [3.63, 3.8) is 0 Å². The van der Waals surface area contributed by atoms with Gasteiger partial charge in [0.05, 0.1) is 0 Å². The van der Waals surface area contributed by atoms with Crippen molar-refractivity contribution in [2.24, 2.45) is 0 Å². The molecule has 0 aliphatic carbocycles. The molecule has 0 spiro atoms. The van der Waals surface area contributed by atoms with E-state index in [0.29, 0.717) is 12.5 Å². The smallest absolute Gasteiger partial charge is 0.119 e. The molecule has 0 heterocycles. The van der Waals surface area contributed by atoms with Crippen molar-refractivity contribution >= 4 is 11.6 Å². The molecule has 0 saturated heterocycles. The molecule has 1 nitrogen and oxygen atoms in total. The van der Waals surface area contributed by atoms with E-state index in [9.17, 15) is 0 Å². The molecule has 1 atom stereocenters. The molecule has 2 heteroatoms. The zero-order valence-electron chi connectivity index (χ0n) is 14.5. The van der Waals surface area contributed by atoms with Crippen molar-refractivity contribution in [3.05, 3.63) is 101 Å². The highest BCUT2D eigenvalue weighted by Gasteiger charge is 2.09. The number of hydrogen-bond acceptors (Lipinski definition) is 1. The lowest BCUT2D eigenvalue weighted by molar-refractivity contribution is 0.306. The summed E-state index contributed by atoms with van der Waals surface area (Å²) in [6.45, 7) is 2.84. The molecular weight excluding hydrogens is 328 g/mol. The van der Waals surface area contributed by atoms with Gasteiger partial charge in [0.1, 0.15) is 12.4 Å². The fourth-order valence-electron chi connectivity index (χ4n) is 2.91. The zero-order chi connectivity index (χ0) is 17.5. The Kier molecular flexibility index (Phi) is 6.14. The Morgan fingerprint density at radius 1 is 0.800 bits per heavy atom. The summed E-state index contributed by atoms with van der Waals surface area (Å²) in [5, 5.41) is 0.861. The SMILES string of the molecule is C[C@@H](CCc1ccc(OCc2ccccc2)cc1)c1ccccc1Cl. The zero-order valence-corrected chi connectivity index (χ0v) is 15.2. The maximum absolute atomic E-state index is 6.29. The number of rotatable bonds is 7. The number of benzene rings is 3. The second kappa shape index (κ2) is 8.73. The monoisotopic (exact) mass is 350 g/mol. The lowest BCUT2D eigenvalue weighted by Gasteiger charge is -2.14. The second-order valence-electron chi connectivity index (χ2n) is 6.38. The third kappa shape index (κ3) is 5.11. The van der Waals surface area contributed by atoms with Gasteiger partial charge in [0.25, 0.3) is 0 Å². The van der Waals surface area contributed by atoms with Gasteiger partial charge in [-0.2, -0.15) is 0 Å². The molecule has 0 unspecified atom stereocenters. The molecule has 0 saturated carbocycles. The van der Waals surface area contributed by atoms with Crippen LogP contribution in [0.4, 0.5) is 0 Å². The molecule has 0 N–H and O–H groups in total. The van der Waals surface area contributed by atoms with E-state index in [1.54, 1.807) is 0 Å². The fourth-order valence-corrected chi connectivity index (χ4v) is 3.23. The van der Waals surface area contributed by atoms with Crippen LogP contribution in [0.5, 0.6) is 5.75 Å². The minimum absolute atomic E-state index is 0.447. The quantitative estimate of drug-likeness (QED) is 0.463. The average molecular weight is 351 g/mol. The van der Waals surface area contributed by atoms with Crippen LogP contribution in [-0.2, 0) is 13.0 Å². The first-order chi connectivity index (χ1) is 12.2. The largest absolute Gasteiger partial charge is 0.489 e. The predicted octanol–water partition coefficient (Wildman–Crippen LogP) is 6.66. The summed E-state index contributed by atoms with van der Waals surface area (Å²) in [6.07, 6.45) is 2.11. The van der Waals surface area contributed by atoms with Crippen LogP contribution in [0.1, 0.15) is 36.0 Å². The van der Waals surface area contributed by atoms with Crippen molar-refractivity contribution in [1.29, 1.82) is 0 Å². The van der Waals surface area contributed by atoms with Crippen molar-refractivity contribution in [2.75, 3.05) is 0 Å². The summed E-state index contributed by atoms with van der Waals surface area (Å²) in [6, 6.07) is 26.8. The van der Waals surface area contributed by atoms with E-state index in [1.165, 1.54) is 16.7 Å². The fraction of sp³-hybridized carbons (Fsp3) is 0.217. The average Bonchev–Trinajstić information content (AvgIpc) is 2.66. The summed E-state index contributed by atoms with van der Waals surface area (Å²) >= 11 is 6.29. The van der Waals surface area contributed by atoms with Crippen LogP contribution >= 0.6 is 11.6 Å². The number of aryl methyl sites for hydroxylation is 1. The summed E-state index contributed by atoms with van der Waals surface area (Å²) < 4.78 is 5.84. The van der Waals surface area contributed by atoms with Crippen LogP contribution in [0.25, 0.3) is 0 Å². The van der Waals surface area contributed by atoms with Gasteiger partial charge >= 0.3 is 0 Å². The Morgan fingerprint density at radius 2 is 1.48 bits per heavy atom. The van der Waals surface area contributed by atoms with E-state index in [2.05, 4.69) is 55.5 Å². The van der Waals surface area contributed by atoms with Gasteiger partial charge in [-0.1, -0.05) is 79.2 Å². The van der Waals surface area contributed by atoms with E-state index in [1.807, 2.05) is 30.3 Å². The molecule has 3 aromatic rings. The molecule has 25 heavy (non-hydrogen) atoms. The topological polar surface area (TPSA) is 9.23 Å². The normalized spacial score (nSPS) is 11.9. The predicted molar refractivity (Wildman–Crippen MR) is 105 cm³/mol. The number of halogens is 1. The van der Waals surface area contributed by atoms with Crippen LogP contribution in [0.2, 0.25) is 5.02 Å². The molecule has 0 radical (unpaired) electrons. The summed E-state index contributed by atoms with van der Waals surface area (Å²) in [5.41, 5.74) is 3.73. The van der Waals surface area contributed by atoms with Gasteiger partial charge in [0, 0.05) is 5.02 Å². The molecule has 0 aliphatic heterocycles. The highest BCUT2D eigenvalue weighted by Crippen LogP contribution is 2.28. The molecule has 128 valence electrons. The van der Waals surface area contributed by atoms with Gasteiger partial charge in [-0.05, 0) is 53.6 Å². The van der Waals surface area contributed by atoms with Crippen LogP contribution in [0, 0.1) is 0 Å². The summed E-state index contributed by atoms with van der Waals surface area (Å²) in [5.74, 6) is 1.36. The Balaban J connectivity index is 1.51. The second-order valence-corrected chi connectivity index (χ2v) is 6.79. The van der Waals surface area contributed by atoms with Gasteiger partial charge in [0.2, 0.25) is 0 Å². The van der Waals surface area contributed by atoms with E-state index < -0.39 is 0 Å². The molecule has 3 aromatic carbocycles. The van der Waals surface area contributed by atoms with Gasteiger partial charge < -0.3 is 4.74 Å². The minimum Gasteiger partial charge on any atom is -0.489 e. The van der Waals surface area contributed by atoms with Crippen molar-refractivity contribution in [2.45, 2.75) is 32.3 Å². The third-order valence-electron chi connectivity index (χ3n) is 4.47. The van der Waals surface area contributed by atoms with Crippen molar-refractivity contribution < 1.29 is 4.74 Å². The lowest BCUT2D eigenvalue weighted by Crippen LogP contribution is -1.98. The van der Waals surface area contributed by atoms with Gasteiger partial charge in [-0.25, -0.2) is 0 Å². The van der Waals surface area contributed by atoms with E-state index in [4.69, 9.17) is 16.3 Å². The molecule has 3 rings (SSSR count). The Labute approximate surface area is 155 Å². The first kappa shape index (κ1) is 17.6. The highest BCUT2D eigenvalue weighted by atomic mass is 35.5. The Bertz CT molecular complexity index is 781. The number of ether oxygens (including phenoxy) is 1. The molecule has 0 amide bonds. The van der Waals surface area contributed by atoms with Gasteiger partial charge in [-0.3, -0.25) is 0 Å². The van der Waals surface area contributed by atoms with Crippen LogP contribution in [0.3, 0.4) is 0 Å². The van der Waals surface area contributed by atoms with E-state index >= 15 is 0 Å². The highest BCUT2D eigenvalue weighted by molar-refractivity contribution is 6.31. The maximum Gasteiger partial charge on any atom is 0.119 e. The Hall–Kier alpha value is -2.25. The maximum atomic E-state index is 6.29. The van der Waals surface area contributed by atoms with Crippen molar-refractivity contribution in [3.8, 4) is 5.75 Å². The van der Waals surface area contributed by atoms with Gasteiger partial charge in [-0.15, -0.1) is 0 Å². The molecule has 0 bridgehead atoms. The lowest BCUT2D eigenvalue weighted by atomic mass is 9.94. The molecule has 0 aliphatic rings. The molecule has 0 fully saturated rings. The van der Waals surface area contributed by atoms with Gasteiger partial charge in [0.15, 0.2) is 0 Å². The van der Waals surface area contributed by atoms with Crippen LogP contribution < -0.4 is 4.74 Å². The number of hydrogen-bond donors (Lipinski definition) is 0. The van der Waals surface area contributed by atoms with E-state index in [0.717, 1.165) is 23.6 Å². The summed E-state index contributed by atoms with van der Waals surface area (Å²) in [7, 11) is 0. The van der Waals surface area contributed by atoms with Crippen LogP contribution in [-0.4, -0.2) is 0 Å². The first-order valence-electron chi connectivity index (χ1n) is 8.72. The molecular formula is C23H23ClO. The Morgan fingerprint density at radius 3 is 2.20 bits per heavy atom. The standard InChI is InChI=1S/C23H23ClO/c1-18(22-9-5-6-10-23(22)24)11-12-19-13-15-21(16-14-19)25-17-20-7-3-2-4-8-20/h2-10,13-16,18H,11-12,17H2,1H3/t18-/m0/s1. The molecule has 0 aromatic heterocycles. The minimum atomic E-state index is 0.447. The van der Waals surface area contributed by atoms with Crippen LogP contribution in [0.15, 0.2) is 78.9 Å². The third-order valence-corrected chi connectivity index (χ3v) is 4.82. The summed E-state index contributed by atoms with van der Waals surface area (Å²) in [4.78, 5) is 0. The first-order valence-corrected chi connectivity index (χ1v) is 9.10. The van der Waals surface area contributed by atoms with Crippen molar-refractivity contribution in [1.82, 2.24) is 0 Å².